The van der Waals surface area contributed by atoms with Gasteiger partial charge >= 0.3 is 35.9 Å². The van der Waals surface area contributed by atoms with Crippen molar-refractivity contribution >= 4 is 0 Å². The molecule has 0 bridgehead atoms. The van der Waals surface area contributed by atoms with E-state index in [0.29, 0.717) is 0 Å². The van der Waals surface area contributed by atoms with E-state index >= 15 is 0 Å². The summed E-state index contributed by atoms with van der Waals surface area (Å²) in [7, 11) is 0. The van der Waals surface area contributed by atoms with Crippen LogP contribution in [0.25, 0.3) is 0 Å². The van der Waals surface area contributed by atoms with Gasteiger partial charge in [0.05, 0.1) is 0 Å². The second-order valence-electron chi connectivity index (χ2n) is 1.71. The summed E-state index contributed by atoms with van der Waals surface area (Å²) in [5, 5.41) is 0. The number of unbranched alkanes of at least 4 members (excludes halogenated alkanes) is 2. The van der Waals surface area contributed by atoms with E-state index in [-0.39, 0.29) is 35.9 Å². The summed E-state index contributed by atoms with van der Waals surface area (Å²) < 4.78 is 0. The molecule has 0 saturated carbocycles. The van der Waals surface area contributed by atoms with Gasteiger partial charge in [-0.25, -0.2) is 0 Å². The third kappa shape index (κ3) is 61.8. The van der Waals surface area contributed by atoms with Crippen LogP contribution in [-0.4, -0.2) is 0 Å². The van der Waals surface area contributed by atoms with Gasteiger partial charge in [0.2, 0.25) is 0 Å². The van der Waals surface area contributed by atoms with Crippen LogP contribution < -0.4 is 18.9 Å². The number of hydrogen-bond donors (Lipinski definition) is 0. The molecule has 0 N–H and O–H groups in total. The van der Waals surface area contributed by atoms with Crippen molar-refractivity contribution in [2.45, 2.75) is 39.5 Å². The van der Waals surface area contributed by atoms with Crippen LogP contribution in [0.5, 0.6) is 0 Å². The fourth-order valence-electron chi connectivity index (χ4n) is 0. The third-order valence-electron chi connectivity index (χ3n) is 0.707. The first-order valence-electron chi connectivity index (χ1n) is 3.41. The van der Waals surface area contributed by atoms with Crippen molar-refractivity contribution in [2.24, 2.45) is 0 Å². The van der Waals surface area contributed by atoms with Crippen molar-refractivity contribution in [3.63, 3.8) is 0 Å². The summed E-state index contributed by atoms with van der Waals surface area (Å²) in [6, 6.07) is 0. The Morgan fingerprint density at radius 1 is 0.900 bits per heavy atom. The van der Waals surface area contributed by atoms with Crippen molar-refractivity contribution in [2.75, 3.05) is 0 Å². The average Bonchev–Trinajstić information content (AvgIpc) is 1.88. The first-order valence-corrected chi connectivity index (χ1v) is 3.41. The maximum Gasteiger partial charge on any atom is 1.00 e. The van der Waals surface area contributed by atoms with Crippen LogP contribution in [0.1, 0.15) is 39.5 Å². The van der Waals surface area contributed by atoms with Gasteiger partial charge in [0, 0.05) is 0 Å². The van der Waals surface area contributed by atoms with Crippen LogP contribution in [0.2, 0.25) is 0 Å². The van der Waals surface area contributed by atoms with Gasteiger partial charge in [0.1, 0.15) is 0 Å². The van der Waals surface area contributed by atoms with Gasteiger partial charge < -0.3 is 13.8 Å². The van der Waals surface area contributed by atoms with Gasteiger partial charge in [-0.1, -0.05) is 26.7 Å². The van der Waals surface area contributed by atoms with Crippen molar-refractivity contribution in [3.05, 3.63) is 13.8 Å². The molecular weight excluding hydrogens is 167 g/mol. The summed E-state index contributed by atoms with van der Waals surface area (Å²) in [6.07, 6.45) is 4.56. The second-order valence-corrected chi connectivity index (χ2v) is 1.71. The number of rotatable bonds is 2. The summed E-state index contributed by atoms with van der Waals surface area (Å²) in [4.78, 5) is 0. The van der Waals surface area contributed by atoms with Crippen molar-refractivity contribution in [3.8, 4) is 0 Å². The summed E-state index contributed by atoms with van der Waals surface area (Å²) in [5.74, 6) is 0. The molecule has 0 spiro atoms. The van der Waals surface area contributed by atoms with E-state index in [0.717, 1.165) is 12.8 Å². The normalized spacial score (nSPS) is 6.00. The average molecular weight is 185 g/mol. The van der Waals surface area contributed by atoms with E-state index in [1.807, 2.05) is 0 Å². The maximum absolute atomic E-state index is 3.60. The molecule has 0 radical (unpaired) electrons. The van der Waals surface area contributed by atoms with E-state index < -0.39 is 0 Å². The fourth-order valence-corrected chi connectivity index (χ4v) is 0. The summed E-state index contributed by atoms with van der Waals surface area (Å²) in [6.45, 7) is 11.4. The largest absolute Gasteiger partial charge is 1.00 e. The molecular formula is C8H18CuLi. The molecule has 2 heteroatoms. The molecule has 0 amide bonds. The Morgan fingerprint density at radius 2 is 1.00 bits per heavy atom. The molecule has 0 aromatic rings. The van der Waals surface area contributed by atoms with Gasteiger partial charge in [-0.2, -0.15) is 12.8 Å². The maximum atomic E-state index is 3.60. The third-order valence-corrected chi connectivity index (χ3v) is 0.707. The Morgan fingerprint density at radius 3 is 1.00 bits per heavy atom. The Labute approximate surface area is 89.2 Å². The Kier molecular flexibility index (Phi) is 72.1. The predicted octanol–water partition coefficient (Wildman–Crippen LogP) is 0.243. The molecule has 0 aliphatic carbocycles. The van der Waals surface area contributed by atoms with E-state index in [9.17, 15) is 0 Å². The molecule has 62 valence electrons. The van der Waals surface area contributed by atoms with Crippen LogP contribution >= 0.6 is 0 Å². The molecule has 0 fully saturated rings. The summed E-state index contributed by atoms with van der Waals surface area (Å²) >= 11 is 0. The van der Waals surface area contributed by atoms with Crippen molar-refractivity contribution < 1.29 is 35.9 Å². The first kappa shape index (κ1) is 22.5. The molecule has 0 nitrogen and oxygen atoms in total. The van der Waals surface area contributed by atoms with Gasteiger partial charge in [-0.3, -0.25) is 0 Å². The van der Waals surface area contributed by atoms with Crippen LogP contribution in [0.3, 0.4) is 0 Å². The molecule has 0 saturated heterocycles. The molecule has 10 heavy (non-hydrogen) atoms. The van der Waals surface area contributed by atoms with Crippen LogP contribution in [-0.2, 0) is 17.1 Å². The van der Waals surface area contributed by atoms with Gasteiger partial charge in [0.15, 0.2) is 0 Å². The molecule has 0 aromatic carbocycles. The molecule has 0 unspecified atom stereocenters. The standard InChI is InChI=1S/2C4H9.Cu.Li/c2*1-3-4-2;;/h2*1,3-4H2,2H3;;/q2*-1;2*+1. The molecule has 0 atom stereocenters. The molecule has 0 heterocycles. The predicted molar refractivity (Wildman–Crippen MR) is 40.5 cm³/mol. The van der Waals surface area contributed by atoms with E-state index in [1.165, 1.54) is 12.8 Å². The molecule has 0 aliphatic heterocycles. The van der Waals surface area contributed by atoms with Crippen molar-refractivity contribution in [1.29, 1.82) is 0 Å². The molecule has 0 aliphatic rings. The van der Waals surface area contributed by atoms with Gasteiger partial charge in [0.25, 0.3) is 0 Å². The van der Waals surface area contributed by atoms with E-state index in [2.05, 4.69) is 27.7 Å². The minimum atomic E-state index is 0. The quantitative estimate of drug-likeness (QED) is 0.426. The zero-order chi connectivity index (χ0) is 6.83. The number of hydrogen-bond acceptors (Lipinski definition) is 0. The van der Waals surface area contributed by atoms with E-state index in [1.54, 1.807) is 0 Å². The van der Waals surface area contributed by atoms with Crippen LogP contribution in [0.4, 0.5) is 0 Å². The van der Waals surface area contributed by atoms with Crippen LogP contribution in [0.15, 0.2) is 0 Å². The first-order chi connectivity index (χ1) is 3.83. The SMILES string of the molecule is [CH2-]CCC.[CH2-]CCC.[Cu+].[Li+]. The smallest absolute Gasteiger partial charge is 0.343 e. The molecule has 0 rings (SSSR count). The van der Waals surface area contributed by atoms with Crippen LogP contribution in [0, 0.1) is 13.8 Å². The Hall–Kier alpha value is 1.12. The zero-order valence-electron chi connectivity index (χ0n) is 7.54. The molecule has 0 aromatic heterocycles. The summed E-state index contributed by atoms with van der Waals surface area (Å²) in [5.41, 5.74) is 0. The monoisotopic (exact) mass is 184 g/mol. The van der Waals surface area contributed by atoms with Gasteiger partial charge in [-0.05, 0) is 0 Å². The second kappa shape index (κ2) is 32.1. The van der Waals surface area contributed by atoms with E-state index in [4.69, 9.17) is 0 Å². The zero-order valence-corrected chi connectivity index (χ0v) is 8.49. The Balaban J connectivity index is -0.0000000300. The minimum Gasteiger partial charge on any atom is -0.343 e. The Bertz CT molecular complexity index is 17.2. The fraction of sp³-hybridized carbons (Fsp3) is 0.750. The van der Waals surface area contributed by atoms with Crippen molar-refractivity contribution in [1.82, 2.24) is 0 Å². The topological polar surface area (TPSA) is 0 Å². The van der Waals surface area contributed by atoms with Gasteiger partial charge in [-0.15, -0.1) is 0 Å². The minimum absolute atomic E-state index is 0.